The lowest BCUT2D eigenvalue weighted by atomic mass is 10.0. The van der Waals surface area contributed by atoms with Crippen LogP contribution >= 0.6 is 23.2 Å². The van der Waals surface area contributed by atoms with E-state index in [0.29, 0.717) is 42.6 Å². The zero-order valence-corrected chi connectivity index (χ0v) is 19.1. The van der Waals surface area contributed by atoms with Crippen molar-refractivity contribution in [3.8, 4) is 5.69 Å². The summed E-state index contributed by atoms with van der Waals surface area (Å²) in [5.74, 6) is -0.385. The molecule has 1 aromatic heterocycles. The minimum atomic E-state index is -0.494. The summed E-state index contributed by atoms with van der Waals surface area (Å²) in [5, 5.41) is 4.96. The monoisotopic (exact) mass is 471 g/mol. The Morgan fingerprint density at radius 2 is 1.75 bits per heavy atom. The van der Waals surface area contributed by atoms with Crippen LogP contribution in [0, 0.1) is 6.92 Å². The van der Waals surface area contributed by atoms with Gasteiger partial charge in [-0.25, -0.2) is 0 Å². The Labute approximate surface area is 196 Å². The molecule has 1 fully saturated rings. The number of rotatable bonds is 5. The number of carbonyl (C=O) groups excluding carboxylic acids is 1. The number of carbonyl (C=O) groups is 1. The van der Waals surface area contributed by atoms with Gasteiger partial charge in [-0.2, -0.15) is 9.78 Å². The first kappa shape index (κ1) is 22.3. The van der Waals surface area contributed by atoms with Crippen molar-refractivity contribution in [3.05, 3.63) is 86.3 Å². The molecule has 1 unspecified atom stereocenters. The molecule has 0 bridgehead atoms. The summed E-state index contributed by atoms with van der Waals surface area (Å²) in [4.78, 5) is 29.1. The van der Waals surface area contributed by atoms with Gasteiger partial charge in [0.1, 0.15) is 11.1 Å². The van der Waals surface area contributed by atoms with Crippen molar-refractivity contribution in [2.45, 2.75) is 13.0 Å². The summed E-state index contributed by atoms with van der Waals surface area (Å²) in [6.45, 7) is 4.24. The number of primary amides is 1. The van der Waals surface area contributed by atoms with E-state index in [1.807, 2.05) is 53.1 Å². The predicted octanol–water partition coefficient (Wildman–Crippen LogP) is 3.20. The van der Waals surface area contributed by atoms with Crippen LogP contribution in [-0.2, 0) is 4.79 Å². The minimum absolute atomic E-state index is 0.0969. The average molecular weight is 472 g/mol. The second-order valence-electron chi connectivity index (χ2n) is 7.73. The van der Waals surface area contributed by atoms with Crippen LogP contribution in [0.3, 0.4) is 0 Å². The Kier molecular flexibility index (Phi) is 6.50. The summed E-state index contributed by atoms with van der Waals surface area (Å²) < 4.78 is 1.24. The fourth-order valence-electron chi connectivity index (χ4n) is 3.95. The molecule has 32 heavy (non-hydrogen) atoms. The maximum absolute atomic E-state index is 12.9. The number of nitrogens with zero attached hydrogens (tertiary/aromatic N) is 4. The molecule has 1 aliphatic heterocycles. The molecule has 4 rings (SSSR count). The van der Waals surface area contributed by atoms with Crippen LogP contribution in [0.2, 0.25) is 10.0 Å². The highest BCUT2D eigenvalue weighted by Crippen LogP contribution is 2.27. The number of anilines is 1. The van der Waals surface area contributed by atoms with E-state index >= 15 is 0 Å². The highest BCUT2D eigenvalue weighted by molar-refractivity contribution is 6.33. The molecule has 3 aromatic rings. The van der Waals surface area contributed by atoms with E-state index in [4.69, 9.17) is 28.9 Å². The summed E-state index contributed by atoms with van der Waals surface area (Å²) in [7, 11) is 0. The molecule has 2 aromatic carbocycles. The molecule has 1 atom stereocenters. The number of aryl methyl sites for hydroxylation is 1. The van der Waals surface area contributed by atoms with E-state index in [1.165, 1.54) is 4.68 Å². The predicted molar refractivity (Wildman–Crippen MR) is 127 cm³/mol. The van der Waals surface area contributed by atoms with Crippen LogP contribution in [-0.4, -0.2) is 46.8 Å². The van der Waals surface area contributed by atoms with E-state index in [9.17, 15) is 9.59 Å². The molecule has 1 amide bonds. The van der Waals surface area contributed by atoms with Gasteiger partial charge < -0.3 is 10.6 Å². The smallest absolute Gasteiger partial charge is 0.292 e. The van der Waals surface area contributed by atoms with Crippen molar-refractivity contribution in [3.63, 3.8) is 0 Å². The summed E-state index contributed by atoms with van der Waals surface area (Å²) >= 11 is 12.7. The number of aromatic nitrogens is 2. The maximum Gasteiger partial charge on any atom is 0.292 e. The van der Waals surface area contributed by atoms with Crippen molar-refractivity contribution >= 4 is 34.8 Å². The third kappa shape index (κ3) is 4.37. The van der Waals surface area contributed by atoms with E-state index in [1.54, 1.807) is 18.3 Å². The Morgan fingerprint density at radius 3 is 2.38 bits per heavy atom. The molecule has 0 saturated carbocycles. The Bertz CT molecular complexity index is 1190. The topological polar surface area (TPSA) is 84.5 Å². The lowest BCUT2D eigenvalue weighted by molar-refractivity contribution is -0.123. The van der Waals surface area contributed by atoms with Gasteiger partial charge in [-0.15, -0.1) is 0 Å². The molecule has 7 nitrogen and oxygen atoms in total. The van der Waals surface area contributed by atoms with Gasteiger partial charge >= 0.3 is 0 Å². The normalized spacial score (nSPS) is 15.5. The Balaban J connectivity index is 1.53. The van der Waals surface area contributed by atoms with Crippen molar-refractivity contribution in [1.29, 1.82) is 0 Å². The van der Waals surface area contributed by atoms with E-state index in [-0.39, 0.29) is 10.9 Å². The minimum Gasteiger partial charge on any atom is -0.368 e. The zero-order valence-electron chi connectivity index (χ0n) is 17.5. The number of piperazine rings is 1. The molecular weight excluding hydrogens is 449 g/mol. The van der Waals surface area contributed by atoms with Crippen molar-refractivity contribution < 1.29 is 4.79 Å². The fourth-order valence-corrected chi connectivity index (χ4v) is 4.38. The van der Waals surface area contributed by atoms with Crippen LogP contribution in [0.5, 0.6) is 0 Å². The number of hydrogen-bond acceptors (Lipinski definition) is 5. The van der Waals surface area contributed by atoms with Gasteiger partial charge in [-0.3, -0.25) is 14.5 Å². The molecule has 2 heterocycles. The first-order valence-corrected chi connectivity index (χ1v) is 11.0. The van der Waals surface area contributed by atoms with Crippen LogP contribution in [0.4, 0.5) is 5.69 Å². The SMILES string of the molecule is Cc1ccc(-n2ncc(N3CCN(C(C(N)=O)c4ccccc4)CC3)c(Cl)c2=O)cc1Cl. The number of amides is 1. The first-order chi connectivity index (χ1) is 15.4. The van der Waals surface area contributed by atoms with E-state index in [2.05, 4.69) is 5.10 Å². The van der Waals surface area contributed by atoms with Gasteiger partial charge in [0, 0.05) is 31.2 Å². The fraction of sp³-hybridized carbons (Fsp3) is 0.261. The van der Waals surface area contributed by atoms with E-state index in [0.717, 1.165) is 11.1 Å². The van der Waals surface area contributed by atoms with Crippen molar-refractivity contribution in [2.75, 3.05) is 31.1 Å². The molecule has 2 N–H and O–H groups in total. The van der Waals surface area contributed by atoms with E-state index < -0.39 is 11.6 Å². The number of nitrogens with two attached hydrogens (primary N) is 1. The van der Waals surface area contributed by atoms with Gasteiger partial charge in [-0.05, 0) is 30.2 Å². The molecular formula is C23H23Cl2N5O2. The number of benzene rings is 2. The van der Waals surface area contributed by atoms with Crippen molar-refractivity contribution in [1.82, 2.24) is 14.7 Å². The number of halogens is 2. The number of hydrogen-bond donors (Lipinski definition) is 1. The maximum atomic E-state index is 12.9. The molecule has 166 valence electrons. The third-order valence-electron chi connectivity index (χ3n) is 5.71. The highest BCUT2D eigenvalue weighted by Gasteiger charge is 2.30. The highest BCUT2D eigenvalue weighted by atomic mass is 35.5. The molecule has 0 spiro atoms. The van der Waals surface area contributed by atoms with Crippen LogP contribution < -0.4 is 16.2 Å². The summed E-state index contributed by atoms with van der Waals surface area (Å²) in [6, 6.07) is 14.3. The van der Waals surface area contributed by atoms with Crippen molar-refractivity contribution in [2.24, 2.45) is 5.73 Å². The second-order valence-corrected chi connectivity index (χ2v) is 8.52. The zero-order chi connectivity index (χ0) is 22.8. The van der Waals surface area contributed by atoms with Crippen LogP contribution in [0.15, 0.2) is 59.5 Å². The van der Waals surface area contributed by atoms with Crippen LogP contribution in [0.25, 0.3) is 5.69 Å². The molecule has 1 aliphatic rings. The van der Waals surface area contributed by atoms with Gasteiger partial charge in [-0.1, -0.05) is 59.6 Å². The quantitative estimate of drug-likeness (QED) is 0.617. The lowest BCUT2D eigenvalue weighted by Gasteiger charge is -2.39. The molecule has 9 heteroatoms. The second kappa shape index (κ2) is 9.32. The Hall–Kier alpha value is -2.87. The molecule has 0 radical (unpaired) electrons. The van der Waals surface area contributed by atoms with Gasteiger partial charge in [0.15, 0.2) is 0 Å². The standard InChI is InChI=1S/C23H23Cl2N5O2/c1-15-7-8-17(13-18(15)24)30-23(32)20(25)19(14-27-30)28-9-11-29(12-10-28)21(22(26)31)16-5-3-2-4-6-16/h2-8,13-14,21H,9-12H2,1H3,(H2,26,31). The first-order valence-electron chi connectivity index (χ1n) is 10.2. The average Bonchev–Trinajstić information content (AvgIpc) is 2.79. The molecule has 0 aliphatic carbocycles. The van der Waals surface area contributed by atoms with Gasteiger partial charge in [0.25, 0.3) is 5.56 Å². The van der Waals surface area contributed by atoms with Gasteiger partial charge in [0.2, 0.25) is 5.91 Å². The molecule has 1 saturated heterocycles. The summed E-state index contributed by atoms with van der Waals surface area (Å²) in [6.07, 6.45) is 1.59. The van der Waals surface area contributed by atoms with Gasteiger partial charge in [0.05, 0.1) is 17.6 Å². The third-order valence-corrected chi connectivity index (χ3v) is 6.47. The Morgan fingerprint density at radius 1 is 1.06 bits per heavy atom. The largest absolute Gasteiger partial charge is 0.368 e. The lowest BCUT2D eigenvalue weighted by Crippen LogP contribution is -2.50. The summed E-state index contributed by atoms with van der Waals surface area (Å²) in [5.41, 5.74) is 8.19. The van der Waals surface area contributed by atoms with Crippen LogP contribution in [0.1, 0.15) is 17.2 Å².